The molecule has 0 aliphatic rings. The number of alkyl halides is 6. The highest BCUT2D eigenvalue weighted by atomic mass is 19.4. The number of benzene rings is 3. The summed E-state index contributed by atoms with van der Waals surface area (Å²) in [5, 5.41) is 0.287. The molecule has 44 heavy (non-hydrogen) atoms. The average molecular weight is 620 g/mol. The molecule has 12 heteroatoms. The van der Waals surface area contributed by atoms with Gasteiger partial charge in [0.05, 0.1) is 40.9 Å². The van der Waals surface area contributed by atoms with E-state index in [-0.39, 0.29) is 36.2 Å². The Kier molecular flexibility index (Phi) is 9.41. The number of rotatable bonds is 9. The van der Waals surface area contributed by atoms with E-state index in [0.717, 1.165) is 0 Å². The maximum atomic E-state index is 14.0. The number of para-hydroxylation sites is 1. The van der Waals surface area contributed by atoms with Gasteiger partial charge < -0.3 is 9.64 Å². The summed E-state index contributed by atoms with van der Waals surface area (Å²) in [7, 11) is 1.48. The minimum atomic E-state index is -5.13. The number of nitrogens with zero attached hydrogens (tertiary/aromatic N) is 3. The zero-order valence-electron chi connectivity index (χ0n) is 24.5. The van der Waals surface area contributed by atoms with Crippen LogP contribution < -0.4 is 10.3 Å². The summed E-state index contributed by atoms with van der Waals surface area (Å²) in [5.74, 6) is -0.384. The van der Waals surface area contributed by atoms with Crippen LogP contribution in [0.25, 0.3) is 16.6 Å². The zero-order valence-corrected chi connectivity index (χ0v) is 24.5. The standard InChI is InChI=1S/C32H31F6N3O3/c1-5-27(28-39-26-9-7-6-8-25(26)30(43)41(28)23-10-12-24(44-4)13-11-23)40(15-14-19(2)3)29(42)20-16-21(31(33,34)35)18-22(17-20)32(36,37)38/h6-13,16-19,27H,5,14-15H2,1-4H3. The molecule has 0 saturated carbocycles. The van der Waals surface area contributed by atoms with Gasteiger partial charge in [-0.05, 0) is 73.4 Å². The number of hydrogen-bond donors (Lipinski definition) is 0. The van der Waals surface area contributed by atoms with Gasteiger partial charge in [0.2, 0.25) is 0 Å². The molecule has 6 nitrogen and oxygen atoms in total. The summed E-state index contributed by atoms with van der Waals surface area (Å²) in [4.78, 5) is 33.9. The molecule has 234 valence electrons. The molecule has 3 aromatic carbocycles. The fourth-order valence-electron chi connectivity index (χ4n) is 4.94. The Morgan fingerprint density at radius 1 is 0.932 bits per heavy atom. The largest absolute Gasteiger partial charge is 0.497 e. The molecule has 4 aromatic rings. The van der Waals surface area contributed by atoms with Crippen LogP contribution in [0.3, 0.4) is 0 Å². The van der Waals surface area contributed by atoms with Crippen molar-refractivity contribution in [2.45, 2.75) is 52.0 Å². The predicted octanol–water partition coefficient (Wildman–Crippen LogP) is 8.07. The van der Waals surface area contributed by atoms with E-state index in [9.17, 15) is 35.9 Å². The quantitative estimate of drug-likeness (QED) is 0.178. The highest BCUT2D eigenvalue weighted by molar-refractivity contribution is 5.95. The number of amides is 1. The zero-order chi connectivity index (χ0) is 32.4. The third-order valence-electron chi connectivity index (χ3n) is 7.24. The fraction of sp³-hybridized carbons (Fsp3) is 0.344. The molecule has 0 aliphatic carbocycles. The maximum Gasteiger partial charge on any atom is 0.416 e. The van der Waals surface area contributed by atoms with Gasteiger partial charge in [-0.1, -0.05) is 32.9 Å². The first-order chi connectivity index (χ1) is 20.6. The first kappa shape index (κ1) is 32.6. The Morgan fingerprint density at radius 2 is 1.52 bits per heavy atom. The molecule has 0 radical (unpaired) electrons. The molecule has 0 bridgehead atoms. The molecule has 1 unspecified atom stereocenters. The number of halogens is 6. The van der Waals surface area contributed by atoms with Gasteiger partial charge in [-0.25, -0.2) is 4.98 Å². The summed E-state index contributed by atoms with van der Waals surface area (Å²) >= 11 is 0. The summed E-state index contributed by atoms with van der Waals surface area (Å²) in [6.07, 6.45) is -9.72. The van der Waals surface area contributed by atoms with Crippen molar-refractivity contribution < 1.29 is 35.9 Å². The van der Waals surface area contributed by atoms with Crippen molar-refractivity contribution >= 4 is 16.8 Å². The molecule has 4 rings (SSSR count). The van der Waals surface area contributed by atoms with E-state index in [1.54, 1.807) is 55.5 Å². The van der Waals surface area contributed by atoms with Crippen LogP contribution in [0.15, 0.2) is 71.5 Å². The molecule has 1 amide bonds. The summed E-state index contributed by atoms with van der Waals surface area (Å²) in [6.45, 7) is 5.43. The first-order valence-corrected chi connectivity index (χ1v) is 13.9. The topological polar surface area (TPSA) is 64.4 Å². The molecule has 0 spiro atoms. The van der Waals surface area contributed by atoms with E-state index >= 15 is 0 Å². The van der Waals surface area contributed by atoms with Crippen molar-refractivity contribution in [2.24, 2.45) is 5.92 Å². The lowest BCUT2D eigenvalue weighted by atomic mass is 10.0. The van der Waals surface area contributed by atoms with E-state index in [4.69, 9.17) is 9.72 Å². The molecule has 1 aromatic heterocycles. The number of fused-ring (bicyclic) bond motifs is 1. The second-order valence-electron chi connectivity index (χ2n) is 10.7. The van der Waals surface area contributed by atoms with Gasteiger partial charge in [0.25, 0.3) is 11.5 Å². The van der Waals surface area contributed by atoms with Crippen molar-refractivity contribution in [3.63, 3.8) is 0 Å². The number of carbonyl (C=O) groups excluding carboxylic acids is 1. The predicted molar refractivity (Wildman–Crippen MR) is 154 cm³/mol. The van der Waals surface area contributed by atoms with Gasteiger partial charge in [-0.3, -0.25) is 14.2 Å². The van der Waals surface area contributed by atoms with E-state index < -0.39 is 46.6 Å². The van der Waals surface area contributed by atoms with Crippen LogP contribution in [-0.2, 0) is 12.4 Å². The maximum absolute atomic E-state index is 14.0. The number of carbonyl (C=O) groups is 1. The Balaban J connectivity index is 1.97. The Morgan fingerprint density at radius 3 is 2.05 bits per heavy atom. The number of methoxy groups -OCH3 is 1. The monoisotopic (exact) mass is 619 g/mol. The fourth-order valence-corrected chi connectivity index (χ4v) is 4.94. The summed E-state index contributed by atoms with van der Waals surface area (Å²) in [6, 6.07) is 12.9. The molecule has 0 fully saturated rings. The Bertz CT molecular complexity index is 1660. The first-order valence-electron chi connectivity index (χ1n) is 13.9. The van der Waals surface area contributed by atoms with Crippen molar-refractivity contribution in [1.82, 2.24) is 14.5 Å². The molecular formula is C32H31F6N3O3. The highest BCUT2D eigenvalue weighted by Crippen LogP contribution is 2.37. The lowest BCUT2D eigenvalue weighted by Gasteiger charge is -2.33. The van der Waals surface area contributed by atoms with Gasteiger partial charge in [0.1, 0.15) is 11.6 Å². The number of aromatic nitrogens is 2. The van der Waals surface area contributed by atoms with Crippen molar-refractivity contribution in [2.75, 3.05) is 13.7 Å². The van der Waals surface area contributed by atoms with Crippen LogP contribution >= 0.6 is 0 Å². The summed E-state index contributed by atoms with van der Waals surface area (Å²) in [5.41, 5.74) is -3.70. The van der Waals surface area contributed by atoms with Gasteiger partial charge in [0.15, 0.2) is 0 Å². The van der Waals surface area contributed by atoms with Crippen LogP contribution in [0, 0.1) is 5.92 Å². The third-order valence-corrected chi connectivity index (χ3v) is 7.24. The molecule has 0 saturated heterocycles. The lowest BCUT2D eigenvalue weighted by Crippen LogP contribution is -2.39. The molecule has 0 N–H and O–H groups in total. The van der Waals surface area contributed by atoms with Gasteiger partial charge >= 0.3 is 12.4 Å². The minimum absolute atomic E-state index is 0.0151. The van der Waals surface area contributed by atoms with E-state index in [2.05, 4.69) is 0 Å². The van der Waals surface area contributed by atoms with Gasteiger partial charge in [-0.2, -0.15) is 26.3 Å². The lowest BCUT2D eigenvalue weighted by molar-refractivity contribution is -0.143. The van der Waals surface area contributed by atoms with E-state index in [0.29, 0.717) is 35.5 Å². The number of ether oxygens (including phenoxy) is 1. The second-order valence-corrected chi connectivity index (χ2v) is 10.7. The van der Waals surface area contributed by atoms with Crippen molar-refractivity contribution in [3.8, 4) is 11.4 Å². The van der Waals surface area contributed by atoms with E-state index in [1.807, 2.05) is 13.8 Å². The van der Waals surface area contributed by atoms with Gasteiger partial charge in [-0.15, -0.1) is 0 Å². The Labute approximate surface area is 249 Å². The summed E-state index contributed by atoms with van der Waals surface area (Å²) < 4.78 is 88.6. The number of hydrogen-bond acceptors (Lipinski definition) is 4. The molecule has 1 atom stereocenters. The smallest absolute Gasteiger partial charge is 0.416 e. The highest BCUT2D eigenvalue weighted by Gasteiger charge is 2.39. The molecule has 1 heterocycles. The Hall–Kier alpha value is -4.35. The average Bonchev–Trinajstić information content (AvgIpc) is 2.98. The molecular weight excluding hydrogens is 588 g/mol. The third kappa shape index (κ3) is 6.89. The minimum Gasteiger partial charge on any atom is -0.497 e. The van der Waals surface area contributed by atoms with Crippen LogP contribution in [0.4, 0.5) is 26.3 Å². The van der Waals surface area contributed by atoms with Crippen LogP contribution in [-0.4, -0.2) is 34.0 Å². The van der Waals surface area contributed by atoms with E-state index in [1.165, 1.54) is 16.6 Å². The second kappa shape index (κ2) is 12.7. The van der Waals surface area contributed by atoms with Crippen LogP contribution in [0.5, 0.6) is 5.75 Å². The van der Waals surface area contributed by atoms with Crippen molar-refractivity contribution in [3.05, 3.63) is 99.6 Å². The normalized spacial score (nSPS) is 12.9. The molecule has 0 aliphatic heterocycles. The SMILES string of the molecule is CCC(c1nc2ccccc2c(=O)n1-c1ccc(OC)cc1)N(CCC(C)C)C(=O)c1cc(C(F)(F)F)cc(C(F)(F)F)c1. The van der Waals surface area contributed by atoms with Gasteiger partial charge in [0, 0.05) is 12.1 Å². The van der Waals surface area contributed by atoms with Crippen LogP contribution in [0.2, 0.25) is 0 Å². The van der Waals surface area contributed by atoms with Crippen LogP contribution in [0.1, 0.15) is 67.0 Å². The van der Waals surface area contributed by atoms with Crippen molar-refractivity contribution in [1.29, 1.82) is 0 Å².